The van der Waals surface area contributed by atoms with Gasteiger partial charge in [-0.05, 0) is 51.5 Å². The molecule has 1 heterocycles. The summed E-state index contributed by atoms with van der Waals surface area (Å²) in [6.45, 7) is 6.17. The molecule has 1 saturated carbocycles. The summed E-state index contributed by atoms with van der Waals surface area (Å²) in [5, 5.41) is 12.9. The van der Waals surface area contributed by atoms with Gasteiger partial charge in [-0.3, -0.25) is 4.98 Å². The first-order valence-corrected chi connectivity index (χ1v) is 7.79. The molecule has 1 fully saturated rings. The number of pyridine rings is 1. The topological polar surface area (TPSA) is 48.7 Å². The molecule has 2 rings (SSSR count). The van der Waals surface area contributed by atoms with E-state index < -0.39 is 0 Å². The fourth-order valence-electron chi connectivity index (χ4n) is 3.31. The molecule has 0 amide bonds. The van der Waals surface area contributed by atoms with Gasteiger partial charge in [0.1, 0.15) is 6.07 Å². The minimum atomic E-state index is 0.511. The van der Waals surface area contributed by atoms with Crippen molar-refractivity contribution in [3.05, 3.63) is 23.0 Å². The number of nitriles is 1. The lowest BCUT2D eigenvalue weighted by Gasteiger charge is -2.30. The second-order valence-corrected chi connectivity index (χ2v) is 6.03. The van der Waals surface area contributed by atoms with Gasteiger partial charge in [-0.15, -0.1) is 0 Å². The predicted molar refractivity (Wildman–Crippen MR) is 82.7 cm³/mol. The average molecular weight is 271 g/mol. The predicted octanol–water partition coefficient (Wildman–Crippen LogP) is 4.34. The summed E-state index contributed by atoms with van der Waals surface area (Å²) in [6.07, 6.45) is 7.73. The highest BCUT2D eigenvalue weighted by molar-refractivity contribution is 5.60. The summed E-state index contributed by atoms with van der Waals surface area (Å²) in [7, 11) is 0. The molecule has 0 atom stereocenters. The van der Waals surface area contributed by atoms with Crippen LogP contribution in [0.1, 0.15) is 62.4 Å². The van der Waals surface area contributed by atoms with E-state index in [1.54, 1.807) is 0 Å². The van der Waals surface area contributed by atoms with Crippen LogP contribution in [0.15, 0.2) is 6.07 Å². The molecule has 3 heteroatoms. The molecule has 0 bridgehead atoms. The van der Waals surface area contributed by atoms with Crippen LogP contribution in [-0.4, -0.2) is 11.0 Å². The van der Waals surface area contributed by atoms with Crippen molar-refractivity contribution < 1.29 is 0 Å². The lowest BCUT2D eigenvalue weighted by atomic mass is 9.83. The SMILES string of the molecule is CCCC1CCC(Nc2cc(C)nc(C)c2C#N)CC1. The van der Waals surface area contributed by atoms with Gasteiger partial charge in [0.2, 0.25) is 0 Å². The number of rotatable bonds is 4. The Morgan fingerprint density at radius 1 is 1.30 bits per heavy atom. The third kappa shape index (κ3) is 3.50. The molecule has 3 nitrogen and oxygen atoms in total. The number of aromatic nitrogens is 1. The average Bonchev–Trinajstić information content (AvgIpc) is 2.41. The van der Waals surface area contributed by atoms with Gasteiger partial charge in [0.15, 0.2) is 0 Å². The number of aryl methyl sites for hydroxylation is 2. The van der Waals surface area contributed by atoms with E-state index in [0.717, 1.165) is 23.0 Å². The van der Waals surface area contributed by atoms with E-state index in [4.69, 9.17) is 0 Å². The summed E-state index contributed by atoms with van der Waals surface area (Å²) in [4.78, 5) is 4.37. The molecule has 1 aliphatic rings. The van der Waals surface area contributed by atoms with Gasteiger partial charge in [-0.1, -0.05) is 19.8 Å². The smallest absolute Gasteiger partial charge is 0.103 e. The number of hydrogen-bond acceptors (Lipinski definition) is 3. The van der Waals surface area contributed by atoms with Crippen LogP contribution in [0.4, 0.5) is 5.69 Å². The van der Waals surface area contributed by atoms with Crippen molar-refractivity contribution >= 4 is 5.69 Å². The van der Waals surface area contributed by atoms with Gasteiger partial charge in [0.25, 0.3) is 0 Å². The zero-order chi connectivity index (χ0) is 14.5. The summed E-state index contributed by atoms with van der Waals surface area (Å²) in [5.74, 6) is 0.911. The standard InChI is InChI=1S/C17H25N3/c1-4-5-14-6-8-15(9-7-14)20-17-10-12(2)19-13(3)16(17)11-18/h10,14-15H,4-9H2,1-3H3,(H,19,20). The van der Waals surface area contributed by atoms with Crippen molar-refractivity contribution in [2.75, 3.05) is 5.32 Å². The highest BCUT2D eigenvalue weighted by Crippen LogP contribution is 2.30. The Kier molecular flexibility index (Phi) is 5.00. The van der Waals surface area contributed by atoms with Crippen molar-refractivity contribution in [2.45, 2.75) is 65.3 Å². The second-order valence-electron chi connectivity index (χ2n) is 6.03. The number of anilines is 1. The maximum absolute atomic E-state index is 9.30. The van der Waals surface area contributed by atoms with Crippen LogP contribution < -0.4 is 5.32 Å². The van der Waals surface area contributed by atoms with Gasteiger partial charge < -0.3 is 5.32 Å². The molecule has 0 aliphatic heterocycles. The largest absolute Gasteiger partial charge is 0.381 e. The zero-order valence-electron chi connectivity index (χ0n) is 12.9. The molecule has 0 spiro atoms. The van der Waals surface area contributed by atoms with E-state index in [2.05, 4.69) is 23.3 Å². The van der Waals surface area contributed by atoms with E-state index in [9.17, 15) is 5.26 Å². The maximum Gasteiger partial charge on any atom is 0.103 e. The molecule has 1 aliphatic carbocycles. The Morgan fingerprint density at radius 3 is 2.60 bits per heavy atom. The molecule has 1 N–H and O–H groups in total. The van der Waals surface area contributed by atoms with Crippen molar-refractivity contribution in [1.29, 1.82) is 5.26 Å². The number of nitrogens with zero attached hydrogens (tertiary/aromatic N) is 2. The molecule has 1 aromatic rings. The Morgan fingerprint density at radius 2 is 2.00 bits per heavy atom. The monoisotopic (exact) mass is 271 g/mol. The lowest BCUT2D eigenvalue weighted by molar-refractivity contribution is 0.319. The van der Waals surface area contributed by atoms with Gasteiger partial charge in [0, 0.05) is 11.7 Å². The molecule has 108 valence electrons. The number of hydrogen-bond donors (Lipinski definition) is 1. The van der Waals surface area contributed by atoms with Crippen LogP contribution >= 0.6 is 0 Å². The van der Waals surface area contributed by atoms with Gasteiger partial charge in [-0.25, -0.2) is 0 Å². The highest BCUT2D eigenvalue weighted by atomic mass is 14.9. The van der Waals surface area contributed by atoms with E-state index in [1.807, 2.05) is 19.9 Å². The first-order chi connectivity index (χ1) is 9.63. The van der Waals surface area contributed by atoms with E-state index in [0.29, 0.717) is 11.6 Å². The first kappa shape index (κ1) is 14.8. The second kappa shape index (κ2) is 6.74. The summed E-state index contributed by atoms with van der Waals surface area (Å²) in [5.41, 5.74) is 3.47. The quantitative estimate of drug-likeness (QED) is 0.886. The molecular formula is C17H25N3. The Labute approximate surface area is 122 Å². The highest BCUT2D eigenvalue weighted by Gasteiger charge is 2.21. The van der Waals surface area contributed by atoms with Crippen molar-refractivity contribution in [2.24, 2.45) is 5.92 Å². The van der Waals surface area contributed by atoms with Crippen LogP contribution in [0.2, 0.25) is 0 Å². The van der Waals surface area contributed by atoms with Crippen LogP contribution in [0.3, 0.4) is 0 Å². The third-order valence-electron chi connectivity index (χ3n) is 4.34. The Hall–Kier alpha value is -1.56. The fraction of sp³-hybridized carbons (Fsp3) is 0.647. The first-order valence-electron chi connectivity index (χ1n) is 7.79. The van der Waals surface area contributed by atoms with E-state index >= 15 is 0 Å². The van der Waals surface area contributed by atoms with E-state index in [-0.39, 0.29) is 0 Å². The molecule has 0 aromatic carbocycles. The van der Waals surface area contributed by atoms with Gasteiger partial charge in [-0.2, -0.15) is 5.26 Å². The molecule has 0 unspecified atom stereocenters. The molecule has 20 heavy (non-hydrogen) atoms. The zero-order valence-corrected chi connectivity index (χ0v) is 12.9. The van der Waals surface area contributed by atoms with Crippen LogP contribution in [0.25, 0.3) is 0 Å². The molecular weight excluding hydrogens is 246 g/mol. The van der Waals surface area contributed by atoms with Crippen molar-refractivity contribution in [3.63, 3.8) is 0 Å². The maximum atomic E-state index is 9.30. The van der Waals surface area contributed by atoms with Crippen LogP contribution in [0.5, 0.6) is 0 Å². The third-order valence-corrected chi connectivity index (χ3v) is 4.34. The normalized spacial score (nSPS) is 22.3. The molecule has 0 radical (unpaired) electrons. The molecule has 0 saturated heterocycles. The Balaban J connectivity index is 2.03. The lowest BCUT2D eigenvalue weighted by Crippen LogP contribution is -2.26. The minimum absolute atomic E-state index is 0.511. The molecule has 1 aromatic heterocycles. The number of nitrogens with one attached hydrogen (secondary N) is 1. The van der Waals surface area contributed by atoms with Gasteiger partial charge >= 0.3 is 0 Å². The Bertz CT molecular complexity index is 494. The summed E-state index contributed by atoms with van der Waals surface area (Å²) in [6, 6.07) is 4.80. The van der Waals surface area contributed by atoms with Crippen molar-refractivity contribution in [1.82, 2.24) is 4.98 Å². The fourth-order valence-corrected chi connectivity index (χ4v) is 3.31. The van der Waals surface area contributed by atoms with Crippen LogP contribution in [0, 0.1) is 31.1 Å². The van der Waals surface area contributed by atoms with Crippen molar-refractivity contribution in [3.8, 4) is 6.07 Å². The van der Waals surface area contributed by atoms with Gasteiger partial charge in [0.05, 0.1) is 16.9 Å². The minimum Gasteiger partial charge on any atom is -0.381 e. The van der Waals surface area contributed by atoms with E-state index in [1.165, 1.54) is 38.5 Å². The van der Waals surface area contributed by atoms with Crippen LogP contribution in [-0.2, 0) is 0 Å². The summed E-state index contributed by atoms with van der Waals surface area (Å²) < 4.78 is 0. The summed E-state index contributed by atoms with van der Waals surface area (Å²) >= 11 is 0.